The van der Waals surface area contributed by atoms with Gasteiger partial charge >= 0.3 is 0 Å². The molecule has 0 aliphatic carbocycles. The van der Waals surface area contributed by atoms with Crippen LogP contribution in [0.25, 0.3) is 0 Å². The van der Waals surface area contributed by atoms with Crippen LogP contribution in [0.1, 0.15) is 41.5 Å². The van der Waals surface area contributed by atoms with E-state index in [0.717, 1.165) is 21.3 Å². The summed E-state index contributed by atoms with van der Waals surface area (Å²) in [5.74, 6) is -0.156. The zero-order chi connectivity index (χ0) is 15.7. The van der Waals surface area contributed by atoms with Gasteiger partial charge in [-0.3, -0.25) is 4.79 Å². The number of aryl methyl sites for hydroxylation is 2. The van der Waals surface area contributed by atoms with E-state index in [4.69, 9.17) is 11.6 Å². The number of benzene rings is 1. The molecule has 0 aliphatic rings. The number of carbonyl (C=O) groups excluding carboxylic acids is 1. The number of amides is 1. The second-order valence-electron chi connectivity index (χ2n) is 5.42. The van der Waals surface area contributed by atoms with E-state index in [1.54, 1.807) is 12.3 Å². The molecule has 0 unspecified atom stereocenters. The number of anilines is 1. The van der Waals surface area contributed by atoms with Crippen LogP contribution in [0.2, 0.25) is 5.02 Å². The number of hydrogen-bond donors (Lipinski definition) is 1. The Hall–Kier alpha value is -1.26. The predicted octanol–water partition coefficient (Wildman–Crippen LogP) is 5.35. The maximum absolute atomic E-state index is 12.5. The number of carbonyl (C=O) groups is 1. The summed E-state index contributed by atoms with van der Waals surface area (Å²) in [5, 5.41) is 3.50. The molecule has 21 heavy (non-hydrogen) atoms. The zero-order valence-electron chi connectivity index (χ0n) is 12.5. The molecule has 1 amide bonds. The second-order valence-corrected chi connectivity index (χ2v) is 6.65. The van der Waals surface area contributed by atoms with Crippen LogP contribution in [0.5, 0.6) is 0 Å². The number of nitrogens with one attached hydrogen (secondary N) is 1. The van der Waals surface area contributed by atoms with E-state index in [9.17, 15) is 4.79 Å². The first-order chi connectivity index (χ1) is 9.79. The summed E-state index contributed by atoms with van der Waals surface area (Å²) in [6, 6.07) is 5.75. The van der Waals surface area contributed by atoms with Crippen molar-refractivity contribution in [1.82, 2.24) is 4.57 Å². The van der Waals surface area contributed by atoms with Crippen LogP contribution < -0.4 is 5.32 Å². The summed E-state index contributed by atoms with van der Waals surface area (Å²) in [4.78, 5) is 12.5. The summed E-state index contributed by atoms with van der Waals surface area (Å²) >= 11 is 9.55. The molecule has 0 saturated heterocycles. The number of aromatic nitrogens is 1. The van der Waals surface area contributed by atoms with Gasteiger partial charge in [0.25, 0.3) is 5.91 Å². The fourth-order valence-corrected chi connectivity index (χ4v) is 2.71. The standard InChI is InChI=1S/C16H18BrClN2O/c1-9(2)20-8-12(18)7-14(20)16(21)19-13-5-10(3)15(17)11(4)6-13/h5-9H,1-4H3,(H,19,21). The highest BCUT2D eigenvalue weighted by Gasteiger charge is 2.16. The fraction of sp³-hybridized carbons (Fsp3) is 0.312. The molecule has 1 aromatic carbocycles. The van der Waals surface area contributed by atoms with Crippen molar-refractivity contribution < 1.29 is 4.79 Å². The van der Waals surface area contributed by atoms with Crippen molar-refractivity contribution in [2.45, 2.75) is 33.7 Å². The van der Waals surface area contributed by atoms with Crippen molar-refractivity contribution in [3.8, 4) is 0 Å². The minimum absolute atomic E-state index is 0.156. The lowest BCUT2D eigenvalue weighted by molar-refractivity contribution is 0.101. The summed E-state index contributed by atoms with van der Waals surface area (Å²) in [6.45, 7) is 8.03. The minimum Gasteiger partial charge on any atom is -0.339 e. The second kappa shape index (κ2) is 6.24. The molecule has 0 spiro atoms. The van der Waals surface area contributed by atoms with Gasteiger partial charge in [-0.1, -0.05) is 27.5 Å². The molecule has 0 saturated carbocycles. The van der Waals surface area contributed by atoms with Crippen molar-refractivity contribution in [2.24, 2.45) is 0 Å². The Labute approximate surface area is 138 Å². The maximum atomic E-state index is 12.5. The molecular formula is C16H18BrClN2O. The molecule has 1 aromatic heterocycles. The quantitative estimate of drug-likeness (QED) is 0.777. The SMILES string of the molecule is Cc1cc(NC(=O)c2cc(Cl)cn2C(C)C)cc(C)c1Br. The van der Waals surface area contributed by atoms with E-state index >= 15 is 0 Å². The Morgan fingerprint density at radius 3 is 2.33 bits per heavy atom. The van der Waals surface area contributed by atoms with E-state index in [1.807, 2.05) is 44.4 Å². The number of halogens is 2. The molecule has 0 radical (unpaired) electrons. The van der Waals surface area contributed by atoms with Gasteiger partial charge in [0.1, 0.15) is 5.69 Å². The van der Waals surface area contributed by atoms with Crippen LogP contribution >= 0.6 is 27.5 Å². The van der Waals surface area contributed by atoms with Crippen molar-refractivity contribution >= 4 is 39.1 Å². The highest BCUT2D eigenvalue weighted by molar-refractivity contribution is 9.10. The van der Waals surface area contributed by atoms with Gasteiger partial charge in [0.05, 0.1) is 5.02 Å². The van der Waals surface area contributed by atoms with Gasteiger partial charge in [0.15, 0.2) is 0 Å². The molecule has 0 bridgehead atoms. The van der Waals surface area contributed by atoms with Gasteiger partial charge in [0, 0.05) is 22.4 Å². The van der Waals surface area contributed by atoms with Crippen LogP contribution in [0, 0.1) is 13.8 Å². The fourth-order valence-electron chi connectivity index (χ4n) is 2.27. The molecule has 0 atom stereocenters. The summed E-state index contributed by atoms with van der Waals surface area (Å²) in [7, 11) is 0. The van der Waals surface area contributed by atoms with Crippen LogP contribution in [0.3, 0.4) is 0 Å². The topological polar surface area (TPSA) is 34.0 Å². The number of rotatable bonds is 3. The van der Waals surface area contributed by atoms with E-state index in [1.165, 1.54) is 0 Å². The van der Waals surface area contributed by atoms with Crippen molar-refractivity contribution in [2.75, 3.05) is 5.32 Å². The van der Waals surface area contributed by atoms with Crippen molar-refractivity contribution in [1.29, 1.82) is 0 Å². The van der Waals surface area contributed by atoms with Crippen LogP contribution in [-0.4, -0.2) is 10.5 Å². The van der Waals surface area contributed by atoms with Gasteiger partial charge < -0.3 is 9.88 Å². The Kier molecular flexibility index (Phi) is 4.79. The van der Waals surface area contributed by atoms with Gasteiger partial charge in [0.2, 0.25) is 0 Å². The van der Waals surface area contributed by atoms with Gasteiger partial charge in [-0.25, -0.2) is 0 Å². The molecular weight excluding hydrogens is 352 g/mol. The zero-order valence-corrected chi connectivity index (χ0v) is 14.8. The van der Waals surface area contributed by atoms with Crippen molar-refractivity contribution in [3.63, 3.8) is 0 Å². The van der Waals surface area contributed by atoms with Gasteiger partial charge in [-0.15, -0.1) is 0 Å². The van der Waals surface area contributed by atoms with Crippen LogP contribution in [0.15, 0.2) is 28.9 Å². The van der Waals surface area contributed by atoms with E-state index in [2.05, 4.69) is 21.2 Å². The monoisotopic (exact) mass is 368 g/mol. The summed E-state index contributed by atoms with van der Waals surface area (Å²) in [6.07, 6.45) is 1.78. The lowest BCUT2D eigenvalue weighted by Gasteiger charge is -2.14. The minimum atomic E-state index is -0.156. The Bertz CT molecular complexity index is 669. The van der Waals surface area contributed by atoms with Gasteiger partial charge in [-0.05, 0) is 57.0 Å². The number of hydrogen-bond acceptors (Lipinski definition) is 1. The lowest BCUT2D eigenvalue weighted by atomic mass is 10.1. The molecule has 112 valence electrons. The molecule has 5 heteroatoms. The summed E-state index contributed by atoms with van der Waals surface area (Å²) < 4.78 is 2.94. The molecule has 1 heterocycles. The molecule has 1 N–H and O–H groups in total. The van der Waals surface area contributed by atoms with Crippen molar-refractivity contribution in [3.05, 3.63) is 50.7 Å². The first-order valence-electron chi connectivity index (χ1n) is 6.75. The Morgan fingerprint density at radius 2 is 1.81 bits per heavy atom. The average molecular weight is 370 g/mol. The van der Waals surface area contributed by atoms with Gasteiger partial charge in [-0.2, -0.15) is 0 Å². The summed E-state index contributed by atoms with van der Waals surface area (Å²) in [5.41, 5.74) is 3.52. The third-order valence-electron chi connectivity index (χ3n) is 3.30. The first kappa shape index (κ1) is 16.1. The van der Waals surface area contributed by atoms with Crippen LogP contribution in [0.4, 0.5) is 5.69 Å². The Morgan fingerprint density at radius 1 is 1.24 bits per heavy atom. The normalized spacial score (nSPS) is 11.0. The lowest BCUT2D eigenvalue weighted by Crippen LogP contribution is -2.18. The van der Waals surface area contributed by atoms with Crippen LogP contribution in [-0.2, 0) is 0 Å². The molecule has 0 fully saturated rings. The van der Waals surface area contributed by atoms with E-state index in [-0.39, 0.29) is 11.9 Å². The smallest absolute Gasteiger partial charge is 0.272 e. The number of nitrogens with zero attached hydrogens (tertiary/aromatic N) is 1. The molecule has 2 rings (SSSR count). The third kappa shape index (κ3) is 3.50. The Balaban J connectivity index is 2.30. The first-order valence-corrected chi connectivity index (χ1v) is 7.92. The van der Waals surface area contributed by atoms with E-state index < -0.39 is 0 Å². The molecule has 2 aromatic rings. The molecule has 0 aliphatic heterocycles. The van der Waals surface area contributed by atoms with E-state index in [0.29, 0.717) is 10.7 Å². The molecule has 3 nitrogen and oxygen atoms in total. The highest BCUT2D eigenvalue weighted by Crippen LogP contribution is 2.26. The average Bonchev–Trinajstić information content (AvgIpc) is 2.78. The third-order valence-corrected chi connectivity index (χ3v) is 4.76. The largest absolute Gasteiger partial charge is 0.339 e. The predicted molar refractivity (Wildman–Crippen MR) is 91.4 cm³/mol. The highest BCUT2D eigenvalue weighted by atomic mass is 79.9. The maximum Gasteiger partial charge on any atom is 0.272 e.